The molecular weight excluding hydrogens is 284 g/mol. The van der Waals surface area contributed by atoms with Crippen LogP contribution in [0, 0.1) is 6.92 Å². The Morgan fingerprint density at radius 2 is 1.90 bits per heavy atom. The highest BCUT2D eigenvalue weighted by molar-refractivity contribution is 7.99. The molecule has 3 N–H and O–H groups in total. The second-order valence-electron chi connectivity index (χ2n) is 5.13. The van der Waals surface area contributed by atoms with Gasteiger partial charge in [0.05, 0.1) is 6.61 Å². The number of aliphatic hydroxyl groups excluding tert-OH is 1. The maximum Gasteiger partial charge on any atom is 0.135 e. The molecule has 0 bridgehead atoms. The van der Waals surface area contributed by atoms with E-state index in [9.17, 15) is 5.11 Å². The summed E-state index contributed by atoms with van der Waals surface area (Å²) >= 11 is 1.66. The van der Waals surface area contributed by atoms with Crippen LogP contribution < -0.4 is 10.6 Å². The lowest BCUT2D eigenvalue weighted by atomic mass is 10.2. The summed E-state index contributed by atoms with van der Waals surface area (Å²) in [5.41, 5.74) is 1.03. The van der Waals surface area contributed by atoms with Gasteiger partial charge in [-0.15, -0.1) is 0 Å². The number of nitrogens with one attached hydrogen (secondary N) is 2. The summed E-state index contributed by atoms with van der Waals surface area (Å²) in [5, 5.41) is 16.4. The number of rotatable bonds is 9. The molecule has 0 aliphatic carbocycles. The molecule has 0 aliphatic heterocycles. The number of aromatic nitrogens is 2. The Labute approximate surface area is 132 Å². The molecule has 1 aromatic heterocycles. The van der Waals surface area contributed by atoms with Crippen molar-refractivity contribution in [1.29, 1.82) is 0 Å². The average Bonchev–Trinajstić information content (AvgIpc) is 2.49. The van der Waals surface area contributed by atoms with Crippen LogP contribution in [-0.2, 0) is 6.42 Å². The Balaban J connectivity index is 2.99. The summed E-state index contributed by atoms with van der Waals surface area (Å²) in [4.78, 5) is 9.16. The third-order valence-corrected chi connectivity index (χ3v) is 4.62. The van der Waals surface area contributed by atoms with E-state index in [1.807, 2.05) is 13.2 Å². The quantitative estimate of drug-likeness (QED) is 0.651. The third kappa shape index (κ3) is 5.04. The van der Waals surface area contributed by atoms with Crippen LogP contribution >= 0.6 is 11.8 Å². The first-order valence-electron chi connectivity index (χ1n) is 7.58. The van der Waals surface area contributed by atoms with Crippen molar-refractivity contribution in [2.24, 2.45) is 0 Å². The van der Waals surface area contributed by atoms with Crippen molar-refractivity contribution < 1.29 is 5.11 Å². The molecule has 0 radical (unpaired) electrons. The van der Waals surface area contributed by atoms with E-state index in [-0.39, 0.29) is 17.9 Å². The van der Waals surface area contributed by atoms with Crippen LogP contribution in [0.15, 0.2) is 0 Å². The van der Waals surface area contributed by atoms with E-state index >= 15 is 0 Å². The molecule has 0 spiro atoms. The number of nitrogens with zero attached hydrogens (tertiary/aromatic N) is 2. The number of hydrogen-bond donors (Lipinski definition) is 3. The summed E-state index contributed by atoms with van der Waals surface area (Å²) in [6.45, 7) is 9.35. The van der Waals surface area contributed by atoms with Gasteiger partial charge in [-0.25, -0.2) is 9.97 Å². The maximum absolute atomic E-state index is 9.41. The number of aryl methyl sites for hydroxylation is 1. The summed E-state index contributed by atoms with van der Waals surface area (Å²) < 4.78 is 0. The summed E-state index contributed by atoms with van der Waals surface area (Å²) in [5.74, 6) is 2.60. The van der Waals surface area contributed by atoms with Gasteiger partial charge >= 0.3 is 0 Å². The van der Waals surface area contributed by atoms with E-state index < -0.39 is 0 Å². The first-order valence-corrected chi connectivity index (χ1v) is 8.87. The molecular formula is C15H28N4OS. The molecule has 0 amide bonds. The second kappa shape index (κ2) is 9.10. The lowest BCUT2D eigenvalue weighted by molar-refractivity contribution is 0.288. The summed E-state index contributed by atoms with van der Waals surface area (Å²) in [6.07, 6.45) is 3.87. The first-order chi connectivity index (χ1) is 10.1. The standard InChI is InChI=1S/C15H28N4OS/c1-6-8-16-14-10(3)15(19-13(7-2)18-14)17-11(4)12(9-20)21-5/h11-12,20H,6-9H2,1-5H3,(H2,16,17,18,19). The number of hydrogen-bond acceptors (Lipinski definition) is 6. The van der Waals surface area contributed by atoms with E-state index in [0.717, 1.165) is 42.4 Å². The van der Waals surface area contributed by atoms with Crippen molar-refractivity contribution in [2.75, 3.05) is 30.0 Å². The molecule has 21 heavy (non-hydrogen) atoms. The van der Waals surface area contributed by atoms with Gasteiger partial charge in [0.1, 0.15) is 17.5 Å². The fourth-order valence-corrected chi connectivity index (χ4v) is 2.65. The summed E-state index contributed by atoms with van der Waals surface area (Å²) in [7, 11) is 0. The Bertz CT molecular complexity index is 438. The van der Waals surface area contributed by atoms with E-state index in [1.54, 1.807) is 11.8 Å². The van der Waals surface area contributed by atoms with Crippen molar-refractivity contribution in [1.82, 2.24) is 9.97 Å². The van der Waals surface area contributed by atoms with E-state index in [0.29, 0.717) is 0 Å². The molecule has 5 nitrogen and oxygen atoms in total. The Kier molecular flexibility index (Phi) is 7.82. The minimum Gasteiger partial charge on any atom is -0.395 e. The highest BCUT2D eigenvalue weighted by atomic mass is 32.2. The van der Waals surface area contributed by atoms with Gasteiger partial charge in [0.25, 0.3) is 0 Å². The van der Waals surface area contributed by atoms with Crippen LogP contribution in [-0.4, -0.2) is 45.8 Å². The number of anilines is 2. The zero-order valence-corrected chi connectivity index (χ0v) is 14.5. The van der Waals surface area contributed by atoms with Crippen LogP contribution in [0.1, 0.15) is 38.6 Å². The van der Waals surface area contributed by atoms with Gasteiger partial charge in [0.15, 0.2) is 0 Å². The Morgan fingerprint density at radius 3 is 2.43 bits per heavy atom. The van der Waals surface area contributed by atoms with Gasteiger partial charge < -0.3 is 15.7 Å². The van der Waals surface area contributed by atoms with Crippen molar-refractivity contribution in [3.05, 3.63) is 11.4 Å². The van der Waals surface area contributed by atoms with Crippen molar-refractivity contribution in [3.8, 4) is 0 Å². The van der Waals surface area contributed by atoms with Gasteiger partial charge in [-0.2, -0.15) is 11.8 Å². The topological polar surface area (TPSA) is 70.1 Å². The van der Waals surface area contributed by atoms with Crippen LogP contribution in [0.4, 0.5) is 11.6 Å². The lowest BCUT2D eigenvalue weighted by Crippen LogP contribution is -2.32. The molecule has 2 unspecified atom stereocenters. The second-order valence-corrected chi connectivity index (χ2v) is 6.21. The molecule has 0 saturated heterocycles. The first kappa shape index (κ1) is 18.0. The fourth-order valence-electron chi connectivity index (χ4n) is 2.02. The monoisotopic (exact) mass is 312 g/mol. The molecule has 120 valence electrons. The van der Waals surface area contributed by atoms with Crippen molar-refractivity contribution in [3.63, 3.8) is 0 Å². The van der Waals surface area contributed by atoms with Gasteiger partial charge in [-0.1, -0.05) is 13.8 Å². The number of thioether (sulfide) groups is 1. The highest BCUT2D eigenvalue weighted by Crippen LogP contribution is 2.23. The molecule has 0 saturated carbocycles. The zero-order chi connectivity index (χ0) is 15.8. The molecule has 1 rings (SSSR count). The van der Waals surface area contributed by atoms with Crippen molar-refractivity contribution >= 4 is 23.4 Å². The van der Waals surface area contributed by atoms with E-state index in [4.69, 9.17) is 0 Å². The molecule has 0 aromatic carbocycles. The summed E-state index contributed by atoms with van der Waals surface area (Å²) in [6, 6.07) is 0.141. The van der Waals surface area contributed by atoms with Gasteiger partial charge in [-0.3, -0.25) is 0 Å². The normalized spacial score (nSPS) is 13.8. The van der Waals surface area contributed by atoms with Crippen LogP contribution in [0.5, 0.6) is 0 Å². The number of aliphatic hydroxyl groups is 1. The Morgan fingerprint density at radius 1 is 1.24 bits per heavy atom. The van der Waals surface area contributed by atoms with Crippen LogP contribution in [0.3, 0.4) is 0 Å². The maximum atomic E-state index is 9.41. The van der Waals surface area contributed by atoms with Crippen molar-refractivity contribution in [2.45, 2.75) is 51.8 Å². The highest BCUT2D eigenvalue weighted by Gasteiger charge is 2.18. The van der Waals surface area contributed by atoms with Gasteiger partial charge in [0.2, 0.25) is 0 Å². The smallest absolute Gasteiger partial charge is 0.135 e. The minimum atomic E-state index is 0.141. The van der Waals surface area contributed by atoms with Gasteiger partial charge in [0, 0.05) is 29.8 Å². The third-order valence-electron chi connectivity index (χ3n) is 3.46. The molecule has 6 heteroatoms. The molecule has 1 heterocycles. The van der Waals surface area contributed by atoms with Crippen LogP contribution in [0.25, 0.3) is 0 Å². The molecule has 0 aliphatic rings. The molecule has 0 fully saturated rings. The van der Waals surface area contributed by atoms with E-state index in [2.05, 4.69) is 41.4 Å². The minimum absolute atomic E-state index is 0.141. The lowest BCUT2D eigenvalue weighted by Gasteiger charge is -2.23. The predicted molar refractivity (Wildman–Crippen MR) is 92.4 cm³/mol. The van der Waals surface area contributed by atoms with Gasteiger partial charge in [-0.05, 0) is 26.5 Å². The predicted octanol–water partition coefficient (Wildman–Crippen LogP) is 2.69. The molecule has 1 aromatic rings. The molecule has 2 atom stereocenters. The zero-order valence-electron chi connectivity index (χ0n) is 13.7. The SMILES string of the molecule is CCCNc1nc(CC)nc(NC(C)C(CO)SC)c1C. The van der Waals surface area contributed by atoms with E-state index in [1.165, 1.54) is 0 Å². The van der Waals surface area contributed by atoms with Crippen LogP contribution in [0.2, 0.25) is 0 Å². The average molecular weight is 312 g/mol. The largest absolute Gasteiger partial charge is 0.395 e. The Hall–Kier alpha value is -1.01. The fraction of sp³-hybridized carbons (Fsp3) is 0.733.